The molecule has 0 aliphatic heterocycles. The monoisotopic (exact) mass is 267 g/mol. The number of rotatable bonds is 6. The van der Waals surface area contributed by atoms with Gasteiger partial charge < -0.3 is 15.2 Å². The van der Waals surface area contributed by atoms with E-state index in [1.165, 1.54) is 12.1 Å². The highest BCUT2D eigenvalue weighted by Crippen LogP contribution is 2.29. The summed E-state index contributed by atoms with van der Waals surface area (Å²) in [5.74, 6) is -0.637. The van der Waals surface area contributed by atoms with Gasteiger partial charge in [-0.3, -0.25) is 0 Å². The Morgan fingerprint density at radius 3 is 2.84 bits per heavy atom. The van der Waals surface area contributed by atoms with Gasteiger partial charge in [0.2, 0.25) is 0 Å². The van der Waals surface area contributed by atoms with E-state index in [2.05, 4.69) is 5.32 Å². The third kappa shape index (κ3) is 3.92. The van der Waals surface area contributed by atoms with Gasteiger partial charge in [0.05, 0.1) is 6.61 Å². The fraction of sp³-hybridized carbons (Fsp3) is 0.500. The summed E-state index contributed by atoms with van der Waals surface area (Å²) in [4.78, 5) is 11.9. The number of hydrogen-bond donors (Lipinski definition) is 2. The van der Waals surface area contributed by atoms with Crippen molar-refractivity contribution in [2.45, 2.75) is 25.8 Å². The first-order chi connectivity index (χ1) is 9.10. The molecule has 5 heteroatoms. The van der Waals surface area contributed by atoms with Crippen molar-refractivity contribution in [1.82, 2.24) is 5.32 Å². The molecule has 1 aromatic carbocycles. The third-order valence-corrected chi connectivity index (χ3v) is 3.07. The van der Waals surface area contributed by atoms with Crippen molar-refractivity contribution in [3.63, 3.8) is 0 Å². The second-order valence-corrected chi connectivity index (χ2v) is 4.78. The first-order valence-electron chi connectivity index (χ1n) is 6.49. The van der Waals surface area contributed by atoms with Gasteiger partial charge in [-0.05, 0) is 49.9 Å². The molecule has 4 nitrogen and oxygen atoms in total. The van der Waals surface area contributed by atoms with E-state index in [1.54, 1.807) is 6.92 Å². The Bertz CT molecular complexity index is 440. The van der Waals surface area contributed by atoms with E-state index >= 15 is 0 Å². The lowest BCUT2D eigenvalue weighted by atomic mass is 10.1. The number of aromatic hydroxyl groups is 1. The zero-order chi connectivity index (χ0) is 13.8. The summed E-state index contributed by atoms with van der Waals surface area (Å²) in [6.07, 6.45) is 2.30. The molecule has 1 aliphatic rings. The van der Waals surface area contributed by atoms with E-state index in [1.807, 2.05) is 0 Å². The maximum absolute atomic E-state index is 13.3. The van der Waals surface area contributed by atoms with Crippen LogP contribution in [0.3, 0.4) is 0 Å². The van der Waals surface area contributed by atoms with Gasteiger partial charge in [0, 0.05) is 6.07 Å². The number of carbonyl (C=O) groups is 1. The standard InChI is InChI=1S/C14H18FNO3/c1-2-19-14(18)13(16-8-9-3-4-9)10-5-11(15)7-12(17)6-10/h5-7,9,13,16-17H,2-4,8H2,1H3. The van der Waals surface area contributed by atoms with Crippen LogP contribution in [0.1, 0.15) is 31.4 Å². The van der Waals surface area contributed by atoms with Crippen molar-refractivity contribution in [2.75, 3.05) is 13.2 Å². The van der Waals surface area contributed by atoms with E-state index in [0.717, 1.165) is 18.9 Å². The Balaban J connectivity index is 2.15. The number of phenols is 1. The van der Waals surface area contributed by atoms with Gasteiger partial charge >= 0.3 is 5.97 Å². The highest BCUT2D eigenvalue weighted by molar-refractivity contribution is 5.77. The van der Waals surface area contributed by atoms with Crippen LogP contribution in [0.25, 0.3) is 0 Å². The zero-order valence-corrected chi connectivity index (χ0v) is 10.9. The Morgan fingerprint density at radius 2 is 2.26 bits per heavy atom. The molecule has 0 saturated heterocycles. The number of phenolic OH excluding ortho intramolecular Hbond substituents is 1. The molecule has 0 bridgehead atoms. The fourth-order valence-electron chi connectivity index (χ4n) is 1.93. The van der Waals surface area contributed by atoms with E-state index in [4.69, 9.17) is 4.74 Å². The Hall–Kier alpha value is -1.62. The Kier molecular flexibility index (Phi) is 4.37. The minimum absolute atomic E-state index is 0.197. The largest absolute Gasteiger partial charge is 0.508 e. The lowest BCUT2D eigenvalue weighted by Gasteiger charge is -2.18. The van der Waals surface area contributed by atoms with Crippen LogP contribution in [0.15, 0.2) is 18.2 Å². The van der Waals surface area contributed by atoms with Gasteiger partial charge in [0.15, 0.2) is 0 Å². The molecule has 104 valence electrons. The quantitative estimate of drug-likeness (QED) is 0.775. The van der Waals surface area contributed by atoms with E-state index in [-0.39, 0.29) is 12.4 Å². The van der Waals surface area contributed by atoms with Gasteiger partial charge in [-0.25, -0.2) is 9.18 Å². The van der Waals surface area contributed by atoms with Crippen LogP contribution in [-0.4, -0.2) is 24.2 Å². The highest BCUT2D eigenvalue weighted by Gasteiger charge is 2.27. The predicted molar refractivity (Wildman–Crippen MR) is 68.2 cm³/mol. The summed E-state index contributed by atoms with van der Waals surface area (Å²) >= 11 is 0. The molecule has 19 heavy (non-hydrogen) atoms. The van der Waals surface area contributed by atoms with Crippen LogP contribution >= 0.6 is 0 Å². The number of esters is 1. The van der Waals surface area contributed by atoms with E-state index in [9.17, 15) is 14.3 Å². The normalized spacial score (nSPS) is 16.1. The van der Waals surface area contributed by atoms with Crippen LogP contribution in [0, 0.1) is 11.7 Å². The third-order valence-electron chi connectivity index (χ3n) is 3.07. The van der Waals surface area contributed by atoms with Crippen LogP contribution in [0.5, 0.6) is 5.75 Å². The zero-order valence-electron chi connectivity index (χ0n) is 10.9. The Morgan fingerprint density at radius 1 is 1.53 bits per heavy atom. The lowest BCUT2D eigenvalue weighted by Crippen LogP contribution is -2.31. The smallest absolute Gasteiger partial charge is 0.327 e. The molecule has 0 spiro atoms. The van der Waals surface area contributed by atoms with Gasteiger partial charge in [0.25, 0.3) is 0 Å². The first-order valence-corrected chi connectivity index (χ1v) is 6.49. The molecule has 1 atom stereocenters. The molecule has 0 heterocycles. The molecule has 2 N–H and O–H groups in total. The predicted octanol–water partition coefficient (Wildman–Crippen LogP) is 2.14. The summed E-state index contributed by atoms with van der Waals surface area (Å²) in [5.41, 5.74) is 0.386. The summed E-state index contributed by atoms with van der Waals surface area (Å²) < 4.78 is 18.3. The van der Waals surface area contributed by atoms with Gasteiger partial charge in [-0.2, -0.15) is 0 Å². The molecule has 0 aromatic heterocycles. The molecule has 0 amide bonds. The number of nitrogens with one attached hydrogen (secondary N) is 1. The van der Waals surface area contributed by atoms with Crippen LogP contribution < -0.4 is 5.32 Å². The minimum Gasteiger partial charge on any atom is -0.508 e. The first kappa shape index (κ1) is 13.8. The van der Waals surface area contributed by atoms with Crippen molar-refractivity contribution in [2.24, 2.45) is 5.92 Å². The topological polar surface area (TPSA) is 58.6 Å². The van der Waals surface area contributed by atoms with Gasteiger partial charge in [0.1, 0.15) is 17.6 Å². The van der Waals surface area contributed by atoms with Gasteiger partial charge in [-0.1, -0.05) is 0 Å². The molecule has 1 fully saturated rings. The average molecular weight is 267 g/mol. The van der Waals surface area contributed by atoms with E-state index in [0.29, 0.717) is 18.0 Å². The minimum atomic E-state index is -0.734. The van der Waals surface area contributed by atoms with Crippen LogP contribution in [-0.2, 0) is 9.53 Å². The average Bonchev–Trinajstić information content (AvgIpc) is 3.12. The molecule has 1 aliphatic carbocycles. The van der Waals surface area contributed by atoms with Crippen LogP contribution in [0.4, 0.5) is 4.39 Å². The van der Waals surface area contributed by atoms with Crippen molar-refractivity contribution < 1.29 is 19.0 Å². The lowest BCUT2D eigenvalue weighted by molar-refractivity contribution is -0.145. The number of carbonyl (C=O) groups excluding carboxylic acids is 1. The molecular formula is C14H18FNO3. The highest BCUT2D eigenvalue weighted by atomic mass is 19.1. The molecular weight excluding hydrogens is 249 g/mol. The molecule has 1 saturated carbocycles. The number of benzene rings is 1. The second kappa shape index (κ2) is 6.02. The summed E-state index contributed by atoms with van der Waals surface area (Å²) in [5, 5.41) is 12.5. The Labute approximate surface area is 111 Å². The second-order valence-electron chi connectivity index (χ2n) is 4.78. The van der Waals surface area contributed by atoms with Crippen LogP contribution in [0.2, 0.25) is 0 Å². The summed E-state index contributed by atoms with van der Waals surface area (Å²) in [6.45, 7) is 2.68. The van der Waals surface area contributed by atoms with Crippen molar-refractivity contribution >= 4 is 5.97 Å². The molecule has 0 radical (unpaired) electrons. The molecule has 1 aromatic rings. The summed E-state index contributed by atoms with van der Waals surface area (Å²) in [7, 11) is 0. The molecule has 1 unspecified atom stereocenters. The van der Waals surface area contributed by atoms with Gasteiger partial charge in [-0.15, -0.1) is 0 Å². The SMILES string of the molecule is CCOC(=O)C(NCC1CC1)c1cc(O)cc(F)c1. The number of hydrogen-bond acceptors (Lipinski definition) is 4. The maximum Gasteiger partial charge on any atom is 0.327 e. The van der Waals surface area contributed by atoms with Crippen molar-refractivity contribution in [1.29, 1.82) is 0 Å². The van der Waals surface area contributed by atoms with Crippen molar-refractivity contribution in [3.8, 4) is 5.75 Å². The van der Waals surface area contributed by atoms with E-state index < -0.39 is 17.8 Å². The number of halogens is 1. The van der Waals surface area contributed by atoms with Crippen molar-refractivity contribution in [3.05, 3.63) is 29.6 Å². The summed E-state index contributed by atoms with van der Waals surface area (Å²) in [6, 6.07) is 2.89. The molecule has 2 rings (SSSR count). The number of ether oxygens (including phenoxy) is 1. The fourth-order valence-corrected chi connectivity index (χ4v) is 1.93. The maximum atomic E-state index is 13.3.